The van der Waals surface area contributed by atoms with Crippen molar-refractivity contribution in [1.82, 2.24) is 20.0 Å². The number of amides is 1. The number of carbonyl (C=O) groups excluding carboxylic acids is 3. The molecule has 0 spiro atoms. The fraction of sp³-hybridized carbons (Fsp3) is 0.857. The van der Waals surface area contributed by atoms with E-state index in [1.54, 1.807) is 6.92 Å². The molecule has 9 heteroatoms. The number of nitrogens with zero attached hydrogens (tertiary/aromatic N) is 3. The molecule has 0 saturated carbocycles. The lowest BCUT2D eigenvalue weighted by molar-refractivity contribution is -0.156. The highest BCUT2D eigenvalue weighted by Crippen LogP contribution is 2.09. The van der Waals surface area contributed by atoms with Gasteiger partial charge in [-0.1, -0.05) is 0 Å². The van der Waals surface area contributed by atoms with Gasteiger partial charge in [0.05, 0.1) is 19.8 Å². The number of nitrogens with one attached hydrogen (secondary N) is 1. The van der Waals surface area contributed by atoms with E-state index in [1.165, 1.54) is 0 Å². The van der Waals surface area contributed by atoms with Crippen LogP contribution in [0.15, 0.2) is 0 Å². The van der Waals surface area contributed by atoms with Gasteiger partial charge in [0, 0.05) is 39.3 Å². The molecule has 0 radical (unpaired) electrons. The van der Waals surface area contributed by atoms with Gasteiger partial charge in [0.2, 0.25) is 0 Å². The largest absolute Gasteiger partial charge is 0.459 e. The predicted octanol–water partition coefficient (Wildman–Crippen LogP) is 1.32. The van der Waals surface area contributed by atoms with Crippen LogP contribution in [0, 0.1) is 0 Å². The van der Waals surface area contributed by atoms with Gasteiger partial charge in [-0.2, -0.15) is 0 Å². The van der Waals surface area contributed by atoms with Crippen LogP contribution in [-0.4, -0.2) is 103 Å². The molecule has 0 aliphatic carbocycles. The van der Waals surface area contributed by atoms with Gasteiger partial charge < -0.3 is 14.8 Å². The molecule has 1 heterocycles. The van der Waals surface area contributed by atoms with E-state index in [0.29, 0.717) is 52.5 Å². The Balaban J connectivity index is 2.72. The molecule has 9 nitrogen and oxygen atoms in total. The van der Waals surface area contributed by atoms with Gasteiger partial charge in [-0.15, -0.1) is 0 Å². The van der Waals surface area contributed by atoms with Crippen molar-refractivity contribution in [3.8, 4) is 0 Å². The molecule has 0 unspecified atom stereocenters. The Bertz CT molecular complexity index is 583. The monoisotopic (exact) mass is 428 g/mol. The molecular weight excluding hydrogens is 388 g/mol. The van der Waals surface area contributed by atoms with Crippen LogP contribution in [0.5, 0.6) is 0 Å². The summed E-state index contributed by atoms with van der Waals surface area (Å²) < 4.78 is 10.8. The van der Waals surface area contributed by atoms with Crippen molar-refractivity contribution in [3.63, 3.8) is 0 Å². The highest BCUT2D eigenvalue weighted by Gasteiger charge is 2.23. The van der Waals surface area contributed by atoms with Gasteiger partial charge in [0.25, 0.3) is 0 Å². The fourth-order valence-electron chi connectivity index (χ4n) is 3.02. The van der Waals surface area contributed by atoms with Crippen molar-refractivity contribution in [2.24, 2.45) is 0 Å². The van der Waals surface area contributed by atoms with E-state index >= 15 is 0 Å². The fourth-order valence-corrected chi connectivity index (χ4v) is 3.02. The maximum atomic E-state index is 12.3. The molecule has 0 bridgehead atoms. The maximum absolute atomic E-state index is 12.3. The first-order valence-corrected chi connectivity index (χ1v) is 10.6. The van der Waals surface area contributed by atoms with Crippen molar-refractivity contribution < 1.29 is 23.9 Å². The van der Waals surface area contributed by atoms with Crippen LogP contribution in [0.2, 0.25) is 0 Å². The smallest absolute Gasteiger partial charge is 0.408 e. The van der Waals surface area contributed by atoms with Crippen molar-refractivity contribution >= 4 is 17.8 Å². The molecule has 1 fully saturated rings. The zero-order chi connectivity index (χ0) is 22.9. The Hall–Kier alpha value is -1.71. The number of ketones is 1. The minimum Gasteiger partial charge on any atom is -0.459 e. The third kappa shape index (κ3) is 12.8. The third-order valence-corrected chi connectivity index (χ3v) is 4.26. The molecule has 1 N–H and O–H groups in total. The van der Waals surface area contributed by atoms with Crippen LogP contribution >= 0.6 is 0 Å². The van der Waals surface area contributed by atoms with Crippen LogP contribution in [0.25, 0.3) is 0 Å². The summed E-state index contributed by atoms with van der Waals surface area (Å²) in [6.07, 6.45) is -0.464. The molecule has 0 aromatic carbocycles. The molecule has 1 saturated heterocycles. The predicted molar refractivity (Wildman–Crippen MR) is 115 cm³/mol. The van der Waals surface area contributed by atoms with Crippen LogP contribution in [0.1, 0.15) is 48.5 Å². The van der Waals surface area contributed by atoms with E-state index in [0.717, 1.165) is 0 Å². The van der Waals surface area contributed by atoms with E-state index in [-0.39, 0.29) is 18.3 Å². The molecule has 0 aromatic rings. The van der Waals surface area contributed by atoms with Crippen molar-refractivity contribution in [2.45, 2.75) is 59.7 Å². The molecule has 1 aliphatic heterocycles. The number of alkyl carbamates (subject to hydrolysis) is 1. The van der Waals surface area contributed by atoms with Crippen LogP contribution in [-0.2, 0) is 19.1 Å². The highest BCUT2D eigenvalue weighted by molar-refractivity contribution is 5.77. The lowest BCUT2D eigenvalue weighted by Crippen LogP contribution is -2.45. The minimum absolute atomic E-state index is 0.103. The standard InChI is InChI=1S/C21H40N4O5/c1-17(26)14-23-8-9-24(15-18(27)29-20(2,3)4)11-13-25(12-10-23)16-22-19(28)30-21(5,6)7/h8-16H2,1-7H3,(H,22,28). The molecule has 174 valence electrons. The summed E-state index contributed by atoms with van der Waals surface area (Å²) in [7, 11) is 0. The van der Waals surface area contributed by atoms with E-state index in [2.05, 4.69) is 15.1 Å². The van der Waals surface area contributed by atoms with Crippen molar-refractivity contribution in [3.05, 3.63) is 0 Å². The van der Waals surface area contributed by atoms with Gasteiger partial charge in [0.15, 0.2) is 0 Å². The second kappa shape index (κ2) is 11.6. The number of Topliss-reactive ketones (excluding diaryl/α,β-unsaturated/α-hetero) is 1. The van der Waals surface area contributed by atoms with Crippen molar-refractivity contribution in [1.29, 1.82) is 0 Å². The molecule has 1 amide bonds. The molecule has 30 heavy (non-hydrogen) atoms. The number of carbonyl (C=O) groups is 3. The summed E-state index contributed by atoms with van der Waals surface area (Å²) in [5.41, 5.74) is -1.08. The lowest BCUT2D eigenvalue weighted by atomic mass is 10.2. The Morgan fingerprint density at radius 1 is 0.733 bits per heavy atom. The second-order valence-corrected chi connectivity index (χ2v) is 9.80. The van der Waals surface area contributed by atoms with Gasteiger partial charge >= 0.3 is 12.1 Å². The average molecular weight is 429 g/mol. The molecule has 1 rings (SSSR count). The number of ether oxygens (including phenoxy) is 2. The van der Waals surface area contributed by atoms with E-state index in [1.807, 2.05) is 46.4 Å². The quantitative estimate of drug-likeness (QED) is 0.634. The van der Waals surface area contributed by atoms with Gasteiger partial charge in [-0.05, 0) is 48.5 Å². The van der Waals surface area contributed by atoms with Crippen molar-refractivity contribution in [2.75, 3.05) is 59.0 Å². The molecule has 0 atom stereocenters. The lowest BCUT2D eigenvalue weighted by Gasteiger charge is -2.27. The first-order chi connectivity index (χ1) is 13.7. The summed E-state index contributed by atoms with van der Waals surface area (Å²) in [5.74, 6) is -0.162. The number of hydrogen-bond acceptors (Lipinski definition) is 8. The first kappa shape index (κ1) is 26.3. The summed E-state index contributed by atoms with van der Waals surface area (Å²) in [4.78, 5) is 42.1. The zero-order valence-electron chi connectivity index (χ0n) is 19.7. The summed E-state index contributed by atoms with van der Waals surface area (Å²) >= 11 is 0. The average Bonchev–Trinajstić information content (AvgIpc) is 2.61. The Morgan fingerprint density at radius 2 is 1.17 bits per heavy atom. The van der Waals surface area contributed by atoms with E-state index in [4.69, 9.17) is 9.47 Å². The highest BCUT2D eigenvalue weighted by atomic mass is 16.6. The minimum atomic E-state index is -0.555. The molecule has 0 aromatic heterocycles. The molecular formula is C21H40N4O5. The third-order valence-electron chi connectivity index (χ3n) is 4.26. The normalized spacial score (nSPS) is 18.1. The molecule has 1 aliphatic rings. The number of hydrogen-bond donors (Lipinski definition) is 1. The van der Waals surface area contributed by atoms with Gasteiger partial charge in [-0.3, -0.25) is 24.3 Å². The zero-order valence-corrected chi connectivity index (χ0v) is 19.7. The Morgan fingerprint density at radius 3 is 1.60 bits per heavy atom. The van der Waals surface area contributed by atoms with Gasteiger partial charge in [-0.25, -0.2) is 4.79 Å². The number of esters is 1. The maximum Gasteiger partial charge on any atom is 0.408 e. The van der Waals surface area contributed by atoms with Crippen LogP contribution in [0.4, 0.5) is 4.79 Å². The number of rotatable bonds is 6. The van der Waals surface area contributed by atoms with Crippen LogP contribution < -0.4 is 5.32 Å². The van der Waals surface area contributed by atoms with E-state index in [9.17, 15) is 14.4 Å². The Labute approximate surface area is 181 Å². The summed E-state index contributed by atoms with van der Waals surface area (Å²) in [6, 6.07) is 0. The second-order valence-electron chi connectivity index (χ2n) is 9.80. The van der Waals surface area contributed by atoms with Gasteiger partial charge in [0.1, 0.15) is 17.0 Å². The first-order valence-electron chi connectivity index (χ1n) is 10.6. The van der Waals surface area contributed by atoms with Crippen LogP contribution in [0.3, 0.4) is 0 Å². The topological polar surface area (TPSA) is 91.4 Å². The van der Waals surface area contributed by atoms with E-state index < -0.39 is 17.3 Å². The summed E-state index contributed by atoms with van der Waals surface area (Å²) in [6.45, 7) is 17.6. The Kier molecular flexibility index (Phi) is 10.2. The summed E-state index contributed by atoms with van der Waals surface area (Å²) in [5, 5.41) is 2.79. The SMILES string of the molecule is CC(=O)CN1CCN(CNC(=O)OC(C)(C)C)CCN(CC(=O)OC(C)(C)C)CC1.